The zero-order valence-corrected chi connectivity index (χ0v) is 18.4. The number of sulfonamides is 1. The van der Waals surface area contributed by atoms with Crippen molar-refractivity contribution >= 4 is 55.0 Å². The van der Waals surface area contributed by atoms with E-state index < -0.39 is 15.9 Å². The summed E-state index contributed by atoms with van der Waals surface area (Å²) in [4.78, 5) is 18.1. The number of halogens is 1. The lowest BCUT2D eigenvalue weighted by Crippen LogP contribution is -2.37. The number of hydrogen-bond donors (Lipinski definition) is 1. The molecule has 0 saturated carbocycles. The summed E-state index contributed by atoms with van der Waals surface area (Å²) < 4.78 is 38.2. The van der Waals surface area contributed by atoms with E-state index in [1.54, 1.807) is 18.2 Å². The minimum Gasteiger partial charge on any atom is -0.494 e. The number of amides is 1. The summed E-state index contributed by atoms with van der Waals surface area (Å²) in [5.41, 5.74) is 0.700. The Morgan fingerprint density at radius 2 is 2.03 bits per heavy atom. The predicted molar refractivity (Wildman–Crippen MR) is 111 cm³/mol. The van der Waals surface area contributed by atoms with Crippen molar-refractivity contribution < 1.29 is 22.4 Å². The highest BCUT2D eigenvalue weighted by Crippen LogP contribution is 2.37. The molecule has 1 aliphatic heterocycles. The van der Waals surface area contributed by atoms with Crippen LogP contribution in [0.2, 0.25) is 0 Å². The van der Waals surface area contributed by atoms with Crippen molar-refractivity contribution in [2.24, 2.45) is 0 Å². The fraction of sp³-hybridized carbons (Fsp3) is 0.111. The molecule has 11 heteroatoms. The number of carbonyl (C=O) groups is 1. The predicted octanol–water partition coefficient (Wildman–Crippen LogP) is 3.75. The number of benzene rings is 1. The molecule has 0 atom stereocenters. The first-order valence-corrected chi connectivity index (χ1v) is 11.3. The molecular formula is C18H14BrN3O5S2. The molecule has 0 spiro atoms. The second-order valence-corrected chi connectivity index (χ2v) is 10.3. The van der Waals surface area contributed by atoms with E-state index in [0.29, 0.717) is 11.3 Å². The van der Waals surface area contributed by atoms with Crippen molar-refractivity contribution in [3.63, 3.8) is 0 Å². The van der Waals surface area contributed by atoms with Gasteiger partial charge in [-0.15, -0.1) is 11.3 Å². The summed E-state index contributed by atoms with van der Waals surface area (Å²) in [6, 6.07) is 10.0. The first-order chi connectivity index (χ1) is 13.8. The summed E-state index contributed by atoms with van der Waals surface area (Å²) in [5, 5.41) is 2.50. The van der Waals surface area contributed by atoms with E-state index in [4.69, 9.17) is 9.15 Å². The molecule has 1 aliphatic rings. The lowest BCUT2D eigenvalue weighted by molar-refractivity contribution is -0.113. The lowest BCUT2D eigenvalue weighted by Gasteiger charge is -2.29. The van der Waals surface area contributed by atoms with E-state index in [0.717, 1.165) is 13.0 Å². The standard InChI is InChI=1S/C18H14BrN3O5S2/c1-22-15(16(26-2)10-5-3-4-6-13(10)29(22,24)25)17(23)21-18-20-11(9-27-18)12-7-8-14(19)28-12/h3-9H,1-2H3,(H,20,21,23). The molecule has 0 radical (unpaired) electrons. The number of oxazole rings is 1. The number of rotatable bonds is 4. The Labute approximate surface area is 179 Å². The van der Waals surface area contributed by atoms with Crippen LogP contribution in [0, 0.1) is 0 Å². The van der Waals surface area contributed by atoms with Crippen molar-refractivity contribution in [1.29, 1.82) is 0 Å². The molecule has 1 amide bonds. The Bertz CT molecular complexity index is 1250. The molecule has 1 aromatic carbocycles. The average molecular weight is 496 g/mol. The summed E-state index contributed by atoms with van der Waals surface area (Å²) in [6.07, 6.45) is 1.41. The van der Waals surface area contributed by atoms with Crippen LogP contribution in [0.5, 0.6) is 0 Å². The van der Waals surface area contributed by atoms with E-state index in [2.05, 4.69) is 26.2 Å². The zero-order valence-electron chi connectivity index (χ0n) is 15.2. The van der Waals surface area contributed by atoms with Crippen LogP contribution < -0.4 is 5.32 Å². The van der Waals surface area contributed by atoms with Crippen LogP contribution >= 0.6 is 27.3 Å². The van der Waals surface area contributed by atoms with E-state index in [-0.39, 0.29) is 22.4 Å². The van der Waals surface area contributed by atoms with Gasteiger partial charge in [-0.05, 0) is 40.2 Å². The topological polar surface area (TPSA) is 102 Å². The van der Waals surface area contributed by atoms with Crippen LogP contribution in [0.15, 0.2) is 61.5 Å². The van der Waals surface area contributed by atoms with E-state index in [1.165, 1.54) is 37.8 Å². The Morgan fingerprint density at radius 3 is 2.72 bits per heavy atom. The van der Waals surface area contributed by atoms with Crippen LogP contribution in [0.25, 0.3) is 16.3 Å². The van der Waals surface area contributed by atoms with E-state index >= 15 is 0 Å². The number of fused-ring (bicyclic) bond motifs is 1. The van der Waals surface area contributed by atoms with Gasteiger partial charge >= 0.3 is 6.01 Å². The summed E-state index contributed by atoms with van der Waals surface area (Å²) in [5.74, 6) is -0.576. The maximum atomic E-state index is 12.9. The molecule has 1 N–H and O–H groups in total. The molecule has 3 aromatic rings. The molecule has 8 nitrogen and oxygen atoms in total. The lowest BCUT2D eigenvalue weighted by atomic mass is 10.1. The first kappa shape index (κ1) is 19.7. The molecule has 0 saturated heterocycles. The highest BCUT2D eigenvalue weighted by atomic mass is 79.9. The molecular weight excluding hydrogens is 482 g/mol. The maximum Gasteiger partial charge on any atom is 0.302 e. The van der Waals surface area contributed by atoms with Crippen LogP contribution in [-0.2, 0) is 19.6 Å². The van der Waals surface area contributed by atoms with Gasteiger partial charge in [-0.3, -0.25) is 14.4 Å². The number of methoxy groups -OCH3 is 1. The largest absolute Gasteiger partial charge is 0.494 e. The van der Waals surface area contributed by atoms with E-state index in [9.17, 15) is 13.2 Å². The Hall–Kier alpha value is -2.63. The number of hydrogen-bond acceptors (Lipinski definition) is 7. The van der Waals surface area contributed by atoms with Gasteiger partial charge in [0.25, 0.3) is 15.9 Å². The maximum absolute atomic E-state index is 12.9. The van der Waals surface area contributed by atoms with Crippen LogP contribution in [-0.4, -0.2) is 37.8 Å². The van der Waals surface area contributed by atoms with Crippen molar-refractivity contribution in [3.8, 4) is 10.6 Å². The van der Waals surface area contributed by atoms with E-state index in [1.807, 2.05) is 12.1 Å². The third kappa shape index (κ3) is 3.34. The van der Waals surface area contributed by atoms with Crippen molar-refractivity contribution in [2.75, 3.05) is 19.5 Å². The van der Waals surface area contributed by atoms with Gasteiger partial charge in [-0.1, -0.05) is 12.1 Å². The monoisotopic (exact) mass is 495 g/mol. The number of nitrogens with zero attached hydrogens (tertiary/aromatic N) is 2. The van der Waals surface area contributed by atoms with Gasteiger partial charge in [0, 0.05) is 12.6 Å². The quantitative estimate of drug-likeness (QED) is 0.591. The highest BCUT2D eigenvalue weighted by molar-refractivity contribution is 9.11. The van der Waals surface area contributed by atoms with Gasteiger partial charge in [0.2, 0.25) is 0 Å². The number of likely N-dealkylation sites (N-methyl/N-ethyl adjacent to an activating group) is 1. The molecule has 2 aromatic heterocycles. The average Bonchev–Trinajstić information content (AvgIpc) is 3.33. The molecule has 150 valence electrons. The van der Waals surface area contributed by atoms with Gasteiger partial charge in [0.15, 0.2) is 11.5 Å². The fourth-order valence-corrected chi connectivity index (χ4v) is 5.65. The molecule has 29 heavy (non-hydrogen) atoms. The fourth-order valence-electron chi connectivity index (χ4n) is 2.92. The number of aromatic nitrogens is 1. The minimum atomic E-state index is -3.91. The Morgan fingerprint density at radius 1 is 1.28 bits per heavy atom. The highest BCUT2D eigenvalue weighted by Gasteiger charge is 2.38. The van der Waals surface area contributed by atoms with Crippen molar-refractivity contribution in [2.45, 2.75) is 4.90 Å². The third-order valence-electron chi connectivity index (χ3n) is 4.27. The number of anilines is 1. The Kier molecular flexibility index (Phi) is 4.97. The molecule has 4 rings (SSSR count). The van der Waals surface area contributed by atoms with Crippen molar-refractivity contribution in [3.05, 3.63) is 57.7 Å². The Balaban J connectivity index is 1.71. The van der Waals surface area contributed by atoms with Gasteiger partial charge in [-0.2, -0.15) is 4.98 Å². The SMILES string of the molecule is COC1=C(C(=O)Nc2nc(-c3ccc(Br)s3)co2)N(C)S(=O)(=O)c2ccccc21. The van der Waals surface area contributed by atoms with Crippen LogP contribution in [0.3, 0.4) is 0 Å². The van der Waals surface area contributed by atoms with Crippen LogP contribution in [0.4, 0.5) is 6.01 Å². The minimum absolute atomic E-state index is 0.0536. The number of thiophene rings is 1. The smallest absolute Gasteiger partial charge is 0.302 e. The van der Waals surface area contributed by atoms with Crippen molar-refractivity contribution in [1.82, 2.24) is 9.29 Å². The number of ether oxygens (including phenoxy) is 1. The molecule has 0 bridgehead atoms. The van der Waals surface area contributed by atoms with Gasteiger partial charge in [0.1, 0.15) is 12.0 Å². The second kappa shape index (κ2) is 7.32. The van der Waals surface area contributed by atoms with Gasteiger partial charge in [0.05, 0.1) is 20.7 Å². The molecule has 3 heterocycles. The zero-order chi connectivity index (χ0) is 20.8. The third-order valence-corrected chi connectivity index (χ3v) is 7.73. The second-order valence-electron chi connectivity index (χ2n) is 5.95. The molecule has 0 unspecified atom stereocenters. The first-order valence-electron chi connectivity index (χ1n) is 8.22. The van der Waals surface area contributed by atoms with Gasteiger partial charge in [-0.25, -0.2) is 8.42 Å². The summed E-state index contributed by atoms with van der Waals surface area (Å²) in [6.45, 7) is 0. The molecule has 0 aliphatic carbocycles. The summed E-state index contributed by atoms with van der Waals surface area (Å²) in [7, 11) is -1.23. The van der Waals surface area contributed by atoms with Crippen LogP contribution in [0.1, 0.15) is 5.56 Å². The normalized spacial score (nSPS) is 15.2. The molecule has 0 fully saturated rings. The number of nitrogens with one attached hydrogen (secondary N) is 1. The number of carbonyl (C=O) groups excluding carboxylic acids is 1. The summed E-state index contributed by atoms with van der Waals surface area (Å²) >= 11 is 4.84. The van der Waals surface area contributed by atoms with Gasteiger partial charge < -0.3 is 9.15 Å².